The Labute approximate surface area is 137 Å². The minimum atomic E-state index is -0.211. The Morgan fingerprint density at radius 2 is 1.82 bits per heavy atom. The summed E-state index contributed by atoms with van der Waals surface area (Å²) in [7, 11) is 0. The van der Waals surface area contributed by atoms with Gasteiger partial charge in [-0.2, -0.15) is 0 Å². The van der Waals surface area contributed by atoms with Crippen molar-refractivity contribution >= 4 is 24.1 Å². The van der Waals surface area contributed by atoms with Crippen molar-refractivity contribution in [2.45, 2.75) is 45.6 Å². The molecule has 120 valence electrons. The molecule has 0 aromatic heterocycles. The van der Waals surface area contributed by atoms with E-state index in [9.17, 15) is 9.90 Å². The number of phenols is 1. The quantitative estimate of drug-likeness (QED) is 0.827. The maximum atomic E-state index is 11.2. The van der Waals surface area contributed by atoms with Gasteiger partial charge in [-0.25, -0.2) is 0 Å². The van der Waals surface area contributed by atoms with E-state index in [1.54, 1.807) is 11.8 Å². The molecule has 1 aromatic carbocycles. The standard InChI is InChI=1S/C18H25NO2S/c1-11(2)14-7-13(8-15(12(3)4)18(14)21)9-17-16(10-20)19-5-6-22-17/h7-12,16,19,21H,5-6H2,1-4H3. The average molecular weight is 319 g/mol. The molecular formula is C18H25NO2S. The van der Waals surface area contributed by atoms with Gasteiger partial charge in [-0.1, -0.05) is 27.7 Å². The van der Waals surface area contributed by atoms with E-state index in [1.165, 1.54) is 0 Å². The fourth-order valence-electron chi connectivity index (χ4n) is 2.65. The summed E-state index contributed by atoms with van der Waals surface area (Å²) < 4.78 is 0. The average Bonchev–Trinajstić information content (AvgIpc) is 2.48. The van der Waals surface area contributed by atoms with E-state index < -0.39 is 0 Å². The smallest absolute Gasteiger partial charge is 0.141 e. The number of hydrogen-bond acceptors (Lipinski definition) is 4. The fourth-order valence-corrected chi connectivity index (χ4v) is 3.65. The summed E-state index contributed by atoms with van der Waals surface area (Å²) in [6.07, 6.45) is 3.04. The van der Waals surface area contributed by atoms with Gasteiger partial charge in [0, 0.05) is 17.2 Å². The number of nitrogens with one attached hydrogen (secondary N) is 1. The lowest BCUT2D eigenvalue weighted by Crippen LogP contribution is -2.37. The van der Waals surface area contributed by atoms with E-state index in [4.69, 9.17) is 0 Å². The molecule has 0 saturated carbocycles. The summed E-state index contributed by atoms with van der Waals surface area (Å²) in [6, 6.07) is 3.86. The molecule has 1 fully saturated rings. The number of aromatic hydroxyl groups is 1. The minimum absolute atomic E-state index is 0.211. The van der Waals surface area contributed by atoms with Gasteiger partial charge < -0.3 is 15.2 Å². The van der Waals surface area contributed by atoms with Gasteiger partial charge >= 0.3 is 0 Å². The van der Waals surface area contributed by atoms with Crippen LogP contribution in [0, 0.1) is 0 Å². The van der Waals surface area contributed by atoms with Crippen molar-refractivity contribution in [3.8, 4) is 5.75 Å². The maximum absolute atomic E-state index is 11.2. The molecule has 22 heavy (non-hydrogen) atoms. The van der Waals surface area contributed by atoms with E-state index in [2.05, 4.69) is 39.1 Å². The third-order valence-electron chi connectivity index (χ3n) is 3.92. The zero-order valence-electron chi connectivity index (χ0n) is 13.7. The van der Waals surface area contributed by atoms with Crippen molar-refractivity contribution in [3.05, 3.63) is 33.7 Å². The van der Waals surface area contributed by atoms with E-state index in [1.807, 2.05) is 12.1 Å². The molecule has 2 N–H and O–H groups in total. The van der Waals surface area contributed by atoms with E-state index in [-0.39, 0.29) is 17.9 Å². The molecule has 3 nitrogen and oxygen atoms in total. The highest BCUT2D eigenvalue weighted by molar-refractivity contribution is 8.03. The van der Waals surface area contributed by atoms with E-state index in [0.29, 0.717) is 5.75 Å². The second-order valence-corrected chi connectivity index (χ2v) is 7.49. The Morgan fingerprint density at radius 1 is 1.23 bits per heavy atom. The van der Waals surface area contributed by atoms with Crippen LogP contribution in [0.4, 0.5) is 0 Å². The zero-order valence-corrected chi connectivity index (χ0v) is 14.5. The molecule has 0 amide bonds. The predicted octanol–water partition coefficient (Wildman–Crippen LogP) is 3.88. The summed E-state index contributed by atoms with van der Waals surface area (Å²) in [5, 5.41) is 13.7. The van der Waals surface area contributed by atoms with Crippen LogP contribution in [0.2, 0.25) is 0 Å². The van der Waals surface area contributed by atoms with Crippen LogP contribution < -0.4 is 5.32 Å². The van der Waals surface area contributed by atoms with Crippen molar-refractivity contribution in [1.29, 1.82) is 0 Å². The second-order valence-electron chi connectivity index (χ2n) is 6.32. The highest BCUT2D eigenvalue weighted by Crippen LogP contribution is 2.36. The molecule has 0 bridgehead atoms. The monoisotopic (exact) mass is 319 g/mol. The topological polar surface area (TPSA) is 49.3 Å². The number of rotatable bonds is 4. The summed E-state index contributed by atoms with van der Waals surface area (Å²) in [5.74, 6) is 1.90. The zero-order chi connectivity index (χ0) is 16.3. The molecule has 1 unspecified atom stereocenters. The van der Waals surface area contributed by atoms with Crippen molar-refractivity contribution in [2.24, 2.45) is 0 Å². The lowest BCUT2D eigenvalue weighted by molar-refractivity contribution is -0.108. The van der Waals surface area contributed by atoms with Crippen LogP contribution in [0.3, 0.4) is 0 Å². The molecule has 4 heteroatoms. The lowest BCUT2D eigenvalue weighted by Gasteiger charge is -2.22. The predicted molar refractivity (Wildman–Crippen MR) is 94.6 cm³/mol. The number of thioether (sulfide) groups is 1. The van der Waals surface area contributed by atoms with Crippen LogP contribution in [0.25, 0.3) is 6.08 Å². The molecule has 1 aliphatic rings. The van der Waals surface area contributed by atoms with Gasteiger partial charge in [0.05, 0.1) is 6.04 Å². The molecule has 0 radical (unpaired) electrons. The van der Waals surface area contributed by atoms with Gasteiger partial charge in [0.25, 0.3) is 0 Å². The van der Waals surface area contributed by atoms with Crippen LogP contribution in [0.1, 0.15) is 56.2 Å². The highest BCUT2D eigenvalue weighted by atomic mass is 32.2. The Morgan fingerprint density at radius 3 is 2.32 bits per heavy atom. The van der Waals surface area contributed by atoms with Gasteiger partial charge in [0.1, 0.15) is 12.0 Å². The minimum Gasteiger partial charge on any atom is -0.507 e. The fraction of sp³-hybridized carbons (Fsp3) is 0.500. The summed E-state index contributed by atoms with van der Waals surface area (Å²) in [6.45, 7) is 9.19. The van der Waals surface area contributed by atoms with Gasteiger partial charge in [0.2, 0.25) is 0 Å². The maximum Gasteiger partial charge on any atom is 0.141 e. The first-order chi connectivity index (χ1) is 10.4. The van der Waals surface area contributed by atoms with Crippen molar-refractivity contribution in [1.82, 2.24) is 5.32 Å². The van der Waals surface area contributed by atoms with E-state index in [0.717, 1.165) is 40.2 Å². The van der Waals surface area contributed by atoms with Crippen LogP contribution in [0.15, 0.2) is 17.0 Å². The Balaban J connectivity index is 2.48. The van der Waals surface area contributed by atoms with Crippen molar-refractivity contribution < 1.29 is 9.90 Å². The molecule has 0 aliphatic carbocycles. The second kappa shape index (κ2) is 7.34. The summed E-state index contributed by atoms with van der Waals surface area (Å²) in [5.41, 5.74) is 2.99. The lowest BCUT2D eigenvalue weighted by atomic mass is 9.91. The molecule has 1 aliphatic heterocycles. The molecule has 2 rings (SSSR count). The Kier molecular flexibility index (Phi) is 5.70. The number of aldehydes is 1. The third-order valence-corrected chi connectivity index (χ3v) is 5.04. The van der Waals surface area contributed by atoms with E-state index >= 15 is 0 Å². The highest BCUT2D eigenvalue weighted by Gasteiger charge is 2.19. The summed E-state index contributed by atoms with van der Waals surface area (Å²) in [4.78, 5) is 12.3. The van der Waals surface area contributed by atoms with Gasteiger partial charge in [-0.15, -0.1) is 11.8 Å². The third kappa shape index (κ3) is 3.73. The van der Waals surface area contributed by atoms with Gasteiger partial charge in [-0.05, 0) is 46.7 Å². The molecule has 1 saturated heterocycles. The largest absolute Gasteiger partial charge is 0.507 e. The Bertz CT molecular complexity index is 549. The molecule has 1 aromatic rings. The van der Waals surface area contributed by atoms with Gasteiger partial charge in [-0.3, -0.25) is 0 Å². The van der Waals surface area contributed by atoms with Crippen LogP contribution >= 0.6 is 11.8 Å². The molecule has 0 spiro atoms. The SMILES string of the molecule is CC(C)c1cc(C=C2SCCNC2C=O)cc(C(C)C)c1O. The van der Waals surface area contributed by atoms with Crippen molar-refractivity contribution in [2.75, 3.05) is 12.3 Å². The van der Waals surface area contributed by atoms with Crippen LogP contribution in [0.5, 0.6) is 5.75 Å². The van der Waals surface area contributed by atoms with Gasteiger partial charge in [0.15, 0.2) is 0 Å². The first-order valence-electron chi connectivity index (χ1n) is 7.84. The number of phenolic OH excluding ortho intramolecular Hbond substituents is 1. The summed E-state index contributed by atoms with van der Waals surface area (Å²) >= 11 is 1.73. The van der Waals surface area contributed by atoms with Crippen molar-refractivity contribution in [3.63, 3.8) is 0 Å². The number of hydrogen-bond donors (Lipinski definition) is 2. The molecule has 1 heterocycles. The normalized spacial score (nSPS) is 20.8. The number of carbonyl (C=O) groups is 1. The molecular weight excluding hydrogens is 294 g/mol. The first-order valence-corrected chi connectivity index (χ1v) is 8.82. The molecule has 1 atom stereocenters. The number of benzene rings is 1. The van der Waals surface area contributed by atoms with Crippen LogP contribution in [-0.2, 0) is 4.79 Å². The van der Waals surface area contributed by atoms with Crippen LogP contribution in [-0.4, -0.2) is 29.7 Å². The Hall–Kier alpha value is -1.26. The first kappa shape index (κ1) is 17.1. The number of carbonyl (C=O) groups excluding carboxylic acids is 1.